The normalized spacial score (nSPS) is 21.8. The monoisotopic (exact) mass is 174 g/mol. The van der Waals surface area contributed by atoms with E-state index in [0.717, 1.165) is 0 Å². The van der Waals surface area contributed by atoms with Crippen molar-refractivity contribution in [2.75, 3.05) is 19.6 Å². The van der Waals surface area contributed by atoms with E-state index in [1.807, 2.05) is 0 Å². The highest BCUT2D eigenvalue weighted by molar-refractivity contribution is 5.85. The zero-order valence-electron chi connectivity index (χ0n) is 7.32. The molecular weight excluding hydrogens is 159 g/mol. The highest BCUT2D eigenvalue weighted by Gasteiger charge is 2.39. The topological polar surface area (TPSA) is 41.1 Å². The Kier molecular flexibility index (Phi) is 3.03. The molecule has 1 saturated heterocycles. The van der Waals surface area contributed by atoms with Gasteiger partial charge in [-0.25, -0.2) is 4.39 Å². The van der Waals surface area contributed by atoms with Crippen LogP contribution in [0.4, 0.5) is 4.39 Å². The summed E-state index contributed by atoms with van der Waals surface area (Å²) in [6, 6.07) is 0. The van der Waals surface area contributed by atoms with Crippen LogP contribution in [-0.4, -0.2) is 31.2 Å². The average Bonchev–Trinajstić information content (AvgIpc) is 2.06. The molecule has 1 aliphatic heterocycles. The third-order valence-electron chi connectivity index (χ3n) is 2.14. The van der Waals surface area contributed by atoms with E-state index >= 15 is 0 Å². The second-order valence-corrected chi connectivity index (χ2v) is 3.07. The minimum absolute atomic E-state index is 0.291. The van der Waals surface area contributed by atoms with Gasteiger partial charge in [-0.1, -0.05) is 0 Å². The molecule has 0 saturated carbocycles. The van der Waals surface area contributed by atoms with Crippen LogP contribution < -0.4 is 10.6 Å². The Morgan fingerprint density at radius 3 is 2.67 bits per heavy atom. The number of carbonyl (C=O) groups is 1. The van der Waals surface area contributed by atoms with Crippen LogP contribution >= 0.6 is 0 Å². The first-order valence-electron chi connectivity index (χ1n) is 4.37. The quantitative estimate of drug-likeness (QED) is 0.628. The maximum absolute atomic E-state index is 13.7. The molecule has 1 amide bonds. The highest BCUT2D eigenvalue weighted by atomic mass is 19.1. The van der Waals surface area contributed by atoms with E-state index < -0.39 is 11.6 Å². The van der Waals surface area contributed by atoms with Crippen LogP contribution in [0.25, 0.3) is 0 Å². The Balaban J connectivity index is 2.50. The van der Waals surface area contributed by atoms with Gasteiger partial charge >= 0.3 is 0 Å². The Morgan fingerprint density at radius 2 is 2.17 bits per heavy atom. The van der Waals surface area contributed by atoms with Gasteiger partial charge in [0.05, 0.1) is 0 Å². The van der Waals surface area contributed by atoms with Gasteiger partial charge in [-0.15, -0.1) is 0 Å². The number of rotatable bonds is 2. The lowest BCUT2D eigenvalue weighted by atomic mass is 9.93. The summed E-state index contributed by atoms with van der Waals surface area (Å²) in [5.74, 6) is -0.452. The number of nitrogens with one attached hydrogen (secondary N) is 2. The second-order valence-electron chi connectivity index (χ2n) is 3.07. The van der Waals surface area contributed by atoms with Crippen LogP contribution in [0.3, 0.4) is 0 Å². The first-order chi connectivity index (χ1) is 5.69. The Morgan fingerprint density at radius 1 is 1.58 bits per heavy atom. The lowest BCUT2D eigenvalue weighted by molar-refractivity contribution is -0.134. The molecule has 1 heterocycles. The van der Waals surface area contributed by atoms with E-state index in [2.05, 4.69) is 10.6 Å². The predicted molar refractivity (Wildman–Crippen MR) is 44.6 cm³/mol. The third kappa shape index (κ3) is 1.94. The number of piperidine rings is 1. The maximum Gasteiger partial charge on any atom is 0.257 e. The molecule has 0 bridgehead atoms. The van der Waals surface area contributed by atoms with Gasteiger partial charge in [0.15, 0.2) is 5.67 Å². The predicted octanol–water partition coefficient (Wildman–Crippen LogP) is 0.214. The van der Waals surface area contributed by atoms with E-state index in [1.54, 1.807) is 6.92 Å². The SMILES string of the molecule is CCNC(=O)C1(F)CCNCC1. The Hall–Kier alpha value is -0.640. The van der Waals surface area contributed by atoms with Crippen LogP contribution in [0.2, 0.25) is 0 Å². The van der Waals surface area contributed by atoms with Gasteiger partial charge < -0.3 is 10.6 Å². The van der Waals surface area contributed by atoms with Crippen molar-refractivity contribution in [3.63, 3.8) is 0 Å². The standard InChI is InChI=1S/C8H15FN2O/c1-2-11-7(12)8(9)3-5-10-6-4-8/h10H,2-6H2,1H3,(H,11,12). The molecule has 2 N–H and O–H groups in total. The summed E-state index contributed by atoms with van der Waals surface area (Å²) in [4.78, 5) is 11.2. The molecule has 12 heavy (non-hydrogen) atoms. The van der Waals surface area contributed by atoms with Gasteiger partial charge in [0.1, 0.15) is 0 Å². The van der Waals surface area contributed by atoms with Gasteiger partial charge in [-0.05, 0) is 20.0 Å². The van der Waals surface area contributed by atoms with Gasteiger partial charge in [-0.2, -0.15) is 0 Å². The molecular formula is C8H15FN2O. The summed E-state index contributed by atoms with van der Waals surface area (Å²) < 4.78 is 13.7. The molecule has 0 aromatic rings. The molecule has 0 aromatic heterocycles. The summed E-state index contributed by atoms with van der Waals surface area (Å²) in [6.45, 7) is 3.47. The molecule has 0 radical (unpaired) electrons. The van der Waals surface area contributed by atoms with Crippen LogP contribution in [0, 0.1) is 0 Å². The molecule has 1 rings (SSSR count). The zero-order chi connectivity index (χ0) is 9.03. The minimum Gasteiger partial charge on any atom is -0.354 e. The van der Waals surface area contributed by atoms with E-state index in [4.69, 9.17) is 0 Å². The molecule has 0 atom stereocenters. The van der Waals surface area contributed by atoms with E-state index in [-0.39, 0.29) is 0 Å². The number of hydrogen-bond donors (Lipinski definition) is 2. The largest absolute Gasteiger partial charge is 0.354 e. The van der Waals surface area contributed by atoms with Crippen molar-refractivity contribution < 1.29 is 9.18 Å². The summed E-state index contributed by atoms with van der Waals surface area (Å²) >= 11 is 0. The van der Waals surface area contributed by atoms with Crippen molar-refractivity contribution >= 4 is 5.91 Å². The first kappa shape index (κ1) is 9.45. The van der Waals surface area contributed by atoms with Crippen LogP contribution in [0.5, 0.6) is 0 Å². The molecule has 4 heteroatoms. The fourth-order valence-corrected chi connectivity index (χ4v) is 1.37. The van der Waals surface area contributed by atoms with Crippen molar-refractivity contribution in [2.24, 2.45) is 0 Å². The lowest BCUT2D eigenvalue weighted by Gasteiger charge is -2.28. The van der Waals surface area contributed by atoms with Gasteiger partial charge in [0, 0.05) is 19.4 Å². The number of alkyl halides is 1. The molecule has 0 aromatic carbocycles. The number of halogens is 1. The third-order valence-corrected chi connectivity index (χ3v) is 2.14. The van der Waals surface area contributed by atoms with Crippen LogP contribution in [0.1, 0.15) is 19.8 Å². The van der Waals surface area contributed by atoms with E-state index in [1.165, 1.54) is 0 Å². The number of amides is 1. The summed E-state index contributed by atoms with van der Waals surface area (Å²) in [7, 11) is 0. The van der Waals surface area contributed by atoms with Crippen molar-refractivity contribution in [1.82, 2.24) is 10.6 Å². The molecule has 0 spiro atoms. The number of carbonyl (C=O) groups excluding carboxylic acids is 1. The minimum atomic E-state index is -1.62. The molecule has 3 nitrogen and oxygen atoms in total. The zero-order valence-corrected chi connectivity index (χ0v) is 7.32. The van der Waals surface area contributed by atoms with Gasteiger partial charge in [-0.3, -0.25) is 4.79 Å². The molecule has 0 aliphatic carbocycles. The number of hydrogen-bond acceptors (Lipinski definition) is 2. The molecule has 0 unspecified atom stereocenters. The van der Waals surface area contributed by atoms with E-state index in [0.29, 0.717) is 32.5 Å². The first-order valence-corrected chi connectivity index (χ1v) is 4.37. The molecule has 70 valence electrons. The van der Waals surface area contributed by atoms with E-state index in [9.17, 15) is 9.18 Å². The van der Waals surface area contributed by atoms with Crippen molar-refractivity contribution in [3.8, 4) is 0 Å². The average molecular weight is 174 g/mol. The molecule has 1 aliphatic rings. The van der Waals surface area contributed by atoms with Crippen LogP contribution in [-0.2, 0) is 4.79 Å². The lowest BCUT2D eigenvalue weighted by Crippen LogP contribution is -2.49. The summed E-state index contributed by atoms with van der Waals surface area (Å²) in [5.41, 5.74) is -1.62. The summed E-state index contributed by atoms with van der Waals surface area (Å²) in [5, 5.41) is 5.53. The smallest absolute Gasteiger partial charge is 0.257 e. The maximum atomic E-state index is 13.7. The van der Waals surface area contributed by atoms with Crippen LogP contribution in [0.15, 0.2) is 0 Å². The van der Waals surface area contributed by atoms with Gasteiger partial charge in [0.2, 0.25) is 0 Å². The van der Waals surface area contributed by atoms with Crippen molar-refractivity contribution in [1.29, 1.82) is 0 Å². The second kappa shape index (κ2) is 3.85. The fourth-order valence-electron chi connectivity index (χ4n) is 1.37. The fraction of sp³-hybridized carbons (Fsp3) is 0.875. The highest BCUT2D eigenvalue weighted by Crippen LogP contribution is 2.22. The Labute approximate surface area is 71.7 Å². The van der Waals surface area contributed by atoms with Crippen molar-refractivity contribution in [2.45, 2.75) is 25.4 Å². The Bertz CT molecular complexity index is 166. The van der Waals surface area contributed by atoms with Gasteiger partial charge in [0.25, 0.3) is 5.91 Å². The van der Waals surface area contributed by atoms with Crippen molar-refractivity contribution in [3.05, 3.63) is 0 Å². The molecule has 1 fully saturated rings. The summed E-state index contributed by atoms with van der Waals surface area (Å²) in [6.07, 6.45) is 0.581.